The van der Waals surface area contributed by atoms with E-state index in [1.165, 1.54) is 0 Å². The lowest BCUT2D eigenvalue weighted by atomic mass is 9.96. The second-order valence-electron chi connectivity index (χ2n) is 8.15. The zero-order chi connectivity index (χ0) is 22.9. The Balaban J connectivity index is 1.24. The predicted octanol–water partition coefficient (Wildman–Crippen LogP) is 5.08. The van der Waals surface area contributed by atoms with Gasteiger partial charge in [0.25, 0.3) is 0 Å². The Hall–Kier alpha value is -3.80. The van der Waals surface area contributed by atoms with Gasteiger partial charge < -0.3 is 20.3 Å². The number of anilines is 3. The third kappa shape index (κ3) is 6.59. The van der Waals surface area contributed by atoms with E-state index in [0.29, 0.717) is 26.1 Å². The van der Waals surface area contributed by atoms with Gasteiger partial charge in [0.05, 0.1) is 18.9 Å². The van der Waals surface area contributed by atoms with E-state index < -0.39 is 0 Å². The molecule has 0 spiro atoms. The number of hydrogen-bond donors (Lipinski definition) is 2. The fourth-order valence-corrected chi connectivity index (χ4v) is 3.92. The highest BCUT2D eigenvalue weighted by Gasteiger charge is 2.28. The topological polar surface area (TPSA) is 70.7 Å². The number of nitrogens with zero attached hydrogens (tertiary/aromatic N) is 1. The third-order valence-corrected chi connectivity index (χ3v) is 5.69. The van der Waals surface area contributed by atoms with E-state index >= 15 is 0 Å². The number of benzene rings is 3. The van der Waals surface area contributed by atoms with Gasteiger partial charge in [0.1, 0.15) is 5.75 Å². The van der Waals surface area contributed by atoms with Gasteiger partial charge in [-0.1, -0.05) is 36.4 Å². The summed E-state index contributed by atoms with van der Waals surface area (Å²) in [5.74, 6) is 0.530. The van der Waals surface area contributed by atoms with Crippen molar-refractivity contribution >= 4 is 28.9 Å². The Bertz CT molecular complexity index is 1040. The fraction of sp³-hybridized carbons (Fsp3) is 0.259. The first kappa shape index (κ1) is 22.4. The second-order valence-corrected chi connectivity index (χ2v) is 8.15. The van der Waals surface area contributed by atoms with Crippen LogP contribution in [0, 0.1) is 5.92 Å². The van der Waals surface area contributed by atoms with Gasteiger partial charge in [-0.3, -0.25) is 9.59 Å². The highest BCUT2D eigenvalue weighted by atomic mass is 16.5. The number of ether oxygens (including phenoxy) is 1. The number of nitrogens with one attached hydrogen (secondary N) is 2. The Kier molecular flexibility index (Phi) is 7.59. The van der Waals surface area contributed by atoms with Crippen LogP contribution in [0.5, 0.6) is 5.75 Å². The van der Waals surface area contributed by atoms with E-state index in [0.717, 1.165) is 35.7 Å². The first-order chi connectivity index (χ1) is 16.2. The maximum Gasteiger partial charge on any atom is 0.229 e. The minimum absolute atomic E-state index is 0.0276. The molecule has 6 nitrogen and oxygen atoms in total. The van der Waals surface area contributed by atoms with E-state index in [9.17, 15) is 9.59 Å². The predicted molar refractivity (Wildman–Crippen MR) is 131 cm³/mol. The van der Waals surface area contributed by atoms with Crippen molar-refractivity contribution in [3.05, 3.63) is 84.9 Å². The number of carbonyl (C=O) groups is 2. The molecule has 1 saturated heterocycles. The van der Waals surface area contributed by atoms with Crippen LogP contribution < -0.4 is 15.4 Å². The van der Waals surface area contributed by atoms with Crippen LogP contribution in [0.4, 0.5) is 17.1 Å². The Morgan fingerprint density at radius 1 is 0.848 bits per heavy atom. The molecular weight excluding hydrogens is 414 g/mol. The van der Waals surface area contributed by atoms with Gasteiger partial charge in [-0.25, -0.2) is 0 Å². The highest BCUT2D eigenvalue weighted by Crippen LogP contribution is 2.22. The molecule has 0 bridgehead atoms. The van der Waals surface area contributed by atoms with Gasteiger partial charge in [0.2, 0.25) is 11.8 Å². The quantitative estimate of drug-likeness (QED) is 0.510. The molecule has 0 saturated carbocycles. The zero-order valence-corrected chi connectivity index (χ0v) is 18.6. The van der Waals surface area contributed by atoms with Crippen molar-refractivity contribution in [2.45, 2.75) is 19.3 Å². The minimum atomic E-state index is -0.208. The van der Waals surface area contributed by atoms with Crippen molar-refractivity contribution in [2.24, 2.45) is 5.92 Å². The number of likely N-dealkylation sites (tertiary alicyclic amines) is 1. The van der Waals surface area contributed by atoms with Crippen LogP contribution in [-0.2, 0) is 9.59 Å². The van der Waals surface area contributed by atoms with E-state index in [4.69, 9.17) is 4.74 Å². The summed E-state index contributed by atoms with van der Waals surface area (Å²) in [6.07, 6.45) is 1.91. The van der Waals surface area contributed by atoms with Gasteiger partial charge in [0.15, 0.2) is 0 Å². The lowest BCUT2D eigenvalue weighted by Gasteiger charge is -2.32. The van der Waals surface area contributed by atoms with Crippen LogP contribution in [0.25, 0.3) is 0 Å². The summed E-state index contributed by atoms with van der Waals surface area (Å²) in [6.45, 7) is 1.47. The summed E-state index contributed by atoms with van der Waals surface area (Å²) in [6, 6.07) is 27.0. The molecule has 33 heavy (non-hydrogen) atoms. The van der Waals surface area contributed by atoms with Gasteiger partial charge >= 0.3 is 0 Å². The van der Waals surface area contributed by atoms with Gasteiger partial charge in [-0.05, 0) is 61.4 Å². The SMILES string of the molecule is O=C(Nc1ccc(Nc2ccccc2)cc1)C1CCCN(C(=O)CCOc2ccccc2)C1. The summed E-state index contributed by atoms with van der Waals surface area (Å²) in [5.41, 5.74) is 2.71. The van der Waals surface area contributed by atoms with Crippen molar-refractivity contribution in [3.8, 4) is 5.75 Å². The lowest BCUT2D eigenvalue weighted by Crippen LogP contribution is -2.44. The monoisotopic (exact) mass is 443 g/mol. The first-order valence-corrected chi connectivity index (χ1v) is 11.4. The average Bonchev–Trinajstić information content (AvgIpc) is 2.86. The number of rotatable bonds is 8. The van der Waals surface area contributed by atoms with Crippen molar-refractivity contribution in [2.75, 3.05) is 30.3 Å². The van der Waals surface area contributed by atoms with E-state index in [1.807, 2.05) is 84.9 Å². The van der Waals surface area contributed by atoms with Crippen molar-refractivity contribution in [3.63, 3.8) is 0 Å². The zero-order valence-electron chi connectivity index (χ0n) is 18.6. The Labute approximate surface area is 194 Å². The largest absolute Gasteiger partial charge is 0.493 e. The van der Waals surface area contributed by atoms with Crippen LogP contribution in [0.1, 0.15) is 19.3 Å². The summed E-state index contributed by atoms with van der Waals surface area (Å²) in [5, 5.41) is 6.32. The molecule has 170 valence electrons. The number of para-hydroxylation sites is 2. The summed E-state index contributed by atoms with van der Waals surface area (Å²) in [7, 11) is 0. The first-order valence-electron chi connectivity index (χ1n) is 11.4. The fourth-order valence-electron chi connectivity index (χ4n) is 3.92. The van der Waals surface area contributed by atoms with Crippen LogP contribution >= 0.6 is 0 Å². The van der Waals surface area contributed by atoms with E-state index in [2.05, 4.69) is 10.6 Å². The second kappa shape index (κ2) is 11.2. The Morgan fingerprint density at radius 2 is 1.48 bits per heavy atom. The standard InChI is InChI=1S/C27H29N3O3/c31-26(17-19-33-25-11-5-2-6-12-25)30-18-7-8-21(20-30)27(32)29-24-15-13-23(14-16-24)28-22-9-3-1-4-10-22/h1-6,9-16,21,28H,7-8,17-20H2,(H,29,32). The maximum absolute atomic E-state index is 12.8. The van der Waals surface area contributed by atoms with E-state index in [1.54, 1.807) is 4.90 Å². The summed E-state index contributed by atoms with van der Waals surface area (Å²) >= 11 is 0. The van der Waals surface area contributed by atoms with Gasteiger partial charge in [-0.15, -0.1) is 0 Å². The number of amides is 2. The molecule has 0 aliphatic carbocycles. The molecule has 0 radical (unpaired) electrons. The molecular formula is C27H29N3O3. The van der Waals surface area contributed by atoms with Crippen LogP contribution in [0.3, 0.4) is 0 Å². The molecule has 1 heterocycles. The molecule has 3 aromatic carbocycles. The minimum Gasteiger partial charge on any atom is -0.493 e. The van der Waals surface area contributed by atoms with Crippen molar-refractivity contribution < 1.29 is 14.3 Å². The normalized spacial score (nSPS) is 15.5. The van der Waals surface area contributed by atoms with Crippen LogP contribution in [-0.4, -0.2) is 36.4 Å². The molecule has 0 aromatic heterocycles. The molecule has 3 aromatic rings. The molecule has 1 unspecified atom stereocenters. The summed E-state index contributed by atoms with van der Waals surface area (Å²) < 4.78 is 5.64. The lowest BCUT2D eigenvalue weighted by molar-refractivity contribution is -0.135. The third-order valence-electron chi connectivity index (χ3n) is 5.69. The Morgan fingerprint density at radius 3 is 2.21 bits per heavy atom. The average molecular weight is 444 g/mol. The molecule has 2 N–H and O–H groups in total. The number of carbonyl (C=O) groups excluding carboxylic acids is 2. The molecule has 4 rings (SSSR count). The maximum atomic E-state index is 12.8. The molecule has 2 amide bonds. The number of piperidine rings is 1. The smallest absolute Gasteiger partial charge is 0.229 e. The molecule has 1 atom stereocenters. The van der Waals surface area contributed by atoms with Crippen molar-refractivity contribution in [1.82, 2.24) is 4.90 Å². The molecule has 6 heteroatoms. The molecule has 1 fully saturated rings. The van der Waals surface area contributed by atoms with E-state index in [-0.39, 0.29) is 17.7 Å². The van der Waals surface area contributed by atoms with Gasteiger partial charge in [-0.2, -0.15) is 0 Å². The molecule has 1 aliphatic heterocycles. The van der Waals surface area contributed by atoms with Crippen LogP contribution in [0.15, 0.2) is 84.9 Å². The van der Waals surface area contributed by atoms with Crippen molar-refractivity contribution in [1.29, 1.82) is 0 Å². The number of hydrogen-bond acceptors (Lipinski definition) is 4. The van der Waals surface area contributed by atoms with Gasteiger partial charge in [0, 0.05) is 30.2 Å². The summed E-state index contributed by atoms with van der Waals surface area (Å²) in [4.78, 5) is 27.2. The highest BCUT2D eigenvalue weighted by molar-refractivity contribution is 5.93. The molecule has 1 aliphatic rings. The van der Waals surface area contributed by atoms with Crippen LogP contribution in [0.2, 0.25) is 0 Å².